The molecule has 0 bridgehead atoms. The summed E-state index contributed by atoms with van der Waals surface area (Å²) in [4.78, 5) is 25.7. The van der Waals surface area contributed by atoms with Crippen molar-refractivity contribution in [3.05, 3.63) is 62.3 Å². The number of hydrogen-bond donors (Lipinski definition) is 0. The number of rotatable bonds is 1. The van der Waals surface area contributed by atoms with Gasteiger partial charge in [-0.15, -0.1) is 0 Å². The van der Waals surface area contributed by atoms with Gasteiger partial charge in [-0.1, -0.05) is 15.9 Å². The first-order chi connectivity index (χ1) is 9.49. The third-order valence-corrected chi connectivity index (χ3v) is 4.13. The number of hydrogen-bond acceptors (Lipinski definition) is 2. The van der Waals surface area contributed by atoms with Gasteiger partial charge in [-0.25, -0.2) is 9.29 Å². The van der Waals surface area contributed by atoms with Crippen molar-refractivity contribution in [2.75, 3.05) is 4.90 Å². The lowest BCUT2D eigenvalue weighted by Crippen LogP contribution is -2.29. The first-order valence-corrected chi connectivity index (χ1v) is 7.21. The minimum absolute atomic E-state index is 0.0878. The molecule has 0 unspecified atom stereocenters. The van der Waals surface area contributed by atoms with Gasteiger partial charge >= 0.3 is 0 Å². The van der Waals surface area contributed by atoms with Gasteiger partial charge in [0.2, 0.25) is 0 Å². The van der Waals surface area contributed by atoms with Crippen molar-refractivity contribution in [3.63, 3.8) is 0 Å². The summed E-state index contributed by atoms with van der Waals surface area (Å²) < 4.78 is 14.6. The predicted octanol–water partition coefficient (Wildman–Crippen LogP) is 4.15. The Hall–Kier alpha value is -1.53. The molecule has 0 atom stereocenters. The zero-order valence-electron chi connectivity index (χ0n) is 9.86. The number of amides is 2. The van der Waals surface area contributed by atoms with Crippen LogP contribution in [0.15, 0.2) is 45.3 Å². The van der Waals surface area contributed by atoms with E-state index >= 15 is 0 Å². The molecule has 0 N–H and O–H groups in total. The van der Waals surface area contributed by atoms with E-state index in [0.29, 0.717) is 10.2 Å². The van der Waals surface area contributed by atoms with Crippen LogP contribution in [0.3, 0.4) is 0 Å². The Kier molecular flexibility index (Phi) is 3.22. The zero-order valence-corrected chi connectivity index (χ0v) is 13.0. The normalized spacial score (nSPS) is 13.8. The van der Waals surface area contributed by atoms with Gasteiger partial charge in [0.1, 0.15) is 5.82 Å². The molecule has 100 valence electrons. The number of imide groups is 1. The Labute approximate surface area is 130 Å². The maximum absolute atomic E-state index is 13.2. The molecule has 1 aliphatic rings. The Morgan fingerprint density at radius 1 is 0.900 bits per heavy atom. The minimum Gasteiger partial charge on any atom is -0.268 e. The largest absolute Gasteiger partial charge is 0.268 e. The van der Waals surface area contributed by atoms with Crippen molar-refractivity contribution in [2.24, 2.45) is 0 Å². The van der Waals surface area contributed by atoms with Gasteiger partial charge in [-0.05, 0) is 52.3 Å². The molecular formula is C14H6Br2FNO2. The molecule has 1 aliphatic heterocycles. The summed E-state index contributed by atoms with van der Waals surface area (Å²) in [7, 11) is 0. The van der Waals surface area contributed by atoms with Crippen molar-refractivity contribution in [1.29, 1.82) is 0 Å². The molecule has 2 aromatic carbocycles. The van der Waals surface area contributed by atoms with Crippen LogP contribution < -0.4 is 4.90 Å². The van der Waals surface area contributed by atoms with Gasteiger partial charge in [-0.2, -0.15) is 0 Å². The zero-order chi connectivity index (χ0) is 14.4. The second-order valence-electron chi connectivity index (χ2n) is 4.23. The van der Waals surface area contributed by atoms with Crippen molar-refractivity contribution < 1.29 is 14.0 Å². The molecule has 0 radical (unpaired) electrons. The van der Waals surface area contributed by atoms with Crippen LogP contribution in [0, 0.1) is 5.82 Å². The van der Waals surface area contributed by atoms with Gasteiger partial charge in [0.05, 0.1) is 16.8 Å². The summed E-state index contributed by atoms with van der Waals surface area (Å²) in [6.45, 7) is 0. The minimum atomic E-state index is -0.540. The second-order valence-corrected chi connectivity index (χ2v) is 6.00. The molecule has 0 spiro atoms. The van der Waals surface area contributed by atoms with Crippen LogP contribution in [0.5, 0.6) is 0 Å². The first-order valence-electron chi connectivity index (χ1n) is 5.62. The molecular weight excluding hydrogens is 393 g/mol. The van der Waals surface area contributed by atoms with Crippen LogP contribution in [-0.2, 0) is 0 Å². The molecule has 3 rings (SSSR count). The quantitative estimate of drug-likeness (QED) is 0.676. The highest BCUT2D eigenvalue weighted by Crippen LogP contribution is 2.35. The fourth-order valence-corrected chi connectivity index (χ4v) is 3.32. The van der Waals surface area contributed by atoms with E-state index in [1.807, 2.05) is 0 Å². The summed E-state index contributed by atoms with van der Waals surface area (Å²) in [6, 6.07) is 8.69. The summed E-state index contributed by atoms with van der Waals surface area (Å²) in [5, 5.41) is 0. The van der Waals surface area contributed by atoms with E-state index in [0.717, 1.165) is 15.4 Å². The van der Waals surface area contributed by atoms with E-state index in [2.05, 4.69) is 31.9 Å². The number of nitrogens with zero attached hydrogens (tertiary/aromatic N) is 1. The number of carbonyl (C=O) groups excluding carboxylic acids is 2. The number of benzene rings is 2. The maximum Gasteiger partial charge on any atom is 0.266 e. The summed E-state index contributed by atoms with van der Waals surface area (Å²) in [5.74, 6) is -1.51. The maximum atomic E-state index is 13.2. The van der Waals surface area contributed by atoms with Gasteiger partial charge in [-0.3, -0.25) is 9.59 Å². The lowest BCUT2D eigenvalue weighted by atomic mass is 10.1. The summed E-state index contributed by atoms with van der Waals surface area (Å²) in [5.41, 5.74) is 0.732. The van der Waals surface area contributed by atoms with E-state index in [1.165, 1.54) is 12.1 Å². The fourth-order valence-electron chi connectivity index (χ4n) is 2.09. The number of carbonyl (C=O) groups is 2. The third-order valence-electron chi connectivity index (χ3n) is 3.00. The summed E-state index contributed by atoms with van der Waals surface area (Å²) >= 11 is 6.63. The monoisotopic (exact) mass is 397 g/mol. The number of halogens is 3. The second kappa shape index (κ2) is 4.79. The van der Waals surface area contributed by atoms with Crippen molar-refractivity contribution in [2.45, 2.75) is 0 Å². The molecule has 0 fully saturated rings. The molecule has 0 aromatic heterocycles. The predicted molar refractivity (Wildman–Crippen MR) is 79.4 cm³/mol. The number of anilines is 1. The SMILES string of the molecule is O=C1c2ccc(F)cc2C(=O)N1c1ccc(Br)cc1Br. The van der Waals surface area contributed by atoms with E-state index in [1.54, 1.807) is 18.2 Å². The van der Waals surface area contributed by atoms with E-state index in [4.69, 9.17) is 0 Å². The fraction of sp³-hybridized carbons (Fsp3) is 0. The molecule has 0 saturated carbocycles. The topological polar surface area (TPSA) is 37.4 Å². The Bertz CT molecular complexity index is 761. The Morgan fingerprint density at radius 3 is 2.30 bits per heavy atom. The van der Waals surface area contributed by atoms with E-state index < -0.39 is 17.6 Å². The van der Waals surface area contributed by atoms with Gasteiger partial charge in [0.15, 0.2) is 0 Å². The van der Waals surface area contributed by atoms with Gasteiger partial charge < -0.3 is 0 Å². The first kappa shape index (κ1) is 13.5. The molecule has 2 amide bonds. The third kappa shape index (κ3) is 1.99. The highest BCUT2D eigenvalue weighted by molar-refractivity contribution is 9.11. The molecule has 6 heteroatoms. The van der Waals surface area contributed by atoms with Gasteiger partial charge in [0, 0.05) is 8.95 Å². The van der Waals surface area contributed by atoms with Crippen LogP contribution in [0.2, 0.25) is 0 Å². The average molecular weight is 399 g/mol. The highest BCUT2D eigenvalue weighted by Gasteiger charge is 2.37. The van der Waals surface area contributed by atoms with Crippen molar-refractivity contribution >= 4 is 49.4 Å². The molecule has 0 aliphatic carbocycles. The van der Waals surface area contributed by atoms with Crippen molar-refractivity contribution in [3.8, 4) is 0 Å². The van der Waals surface area contributed by atoms with E-state index in [-0.39, 0.29) is 11.1 Å². The molecule has 20 heavy (non-hydrogen) atoms. The van der Waals surface area contributed by atoms with Crippen LogP contribution in [-0.4, -0.2) is 11.8 Å². The van der Waals surface area contributed by atoms with Crippen molar-refractivity contribution in [1.82, 2.24) is 0 Å². The molecule has 0 saturated heterocycles. The molecule has 2 aromatic rings. The molecule has 1 heterocycles. The smallest absolute Gasteiger partial charge is 0.266 e. The Balaban J connectivity index is 2.14. The van der Waals surface area contributed by atoms with Crippen LogP contribution in [0.25, 0.3) is 0 Å². The Morgan fingerprint density at radius 2 is 1.60 bits per heavy atom. The lowest BCUT2D eigenvalue weighted by molar-refractivity contribution is 0.0926. The van der Waals surface area contributed by atoms with Gasteiger partial charge in [0.25, 0.3) is 11.8 Å². The van der Waals surface area contributed by atoms with E-state index in [9.17, 15) is 14.0 Å². The lowest BCUT2D eigenvalue weighted by Gasteiger charge is -2.15. The van der Waals surface area contributed by atoms with Crippen LogP contribution in [0.4, 0.5) is 10.1 Å². The summed E-state index contributed by atoms with van der Waals surface area (Å²) in [6.07, 6.45) is 0. The standard InChI is InChI=1S/C14H6Br2FNO2/c15-7-1-4-12(11(16)5-7)18-13(19)9-3-2-8(17)6-10(9)14(18)20/h1-6H. The van der Waals surface area contributed by atoms with Crippen LogP contribution in [0.1, 0.15) is 20.7 Å². The average Bonchev–Trinajstić information content (AvgIpc) is 2.63. The molecule has 3 nitrogen and oxygen atoms in total. The highest BCUT2D eigenvalue weighted by atomic mass is 79.9. The van der Waals surface area contributed by atoms with Crippen LogP contribution >= 0.6 is 31.9 Å². The number of fused-ring (bicyclic) bond motifs is 1.